The van der Waals surface area contributed by atoms with Gasteiger partial charge in [0.25, 0.3) is 0 Å². The van der Waals surface area contributed by atoms with Crippen LogP contribution in [0.1, 0.15) is 56.3 Å². The summed E-state index contributed by atoms with van der Waals surface area (Å²) in [7, 11) is -3.99. The molecule has 0 aliphatic carbocycles. The van der Waals surface area contributed by atoms with Crippen LogP contribution in [0.3, 0.4) is 0 Å². The number of anilines is 1. The Morgan fingerprint density at radius 3 is 2.59 bits per heavy atom. The monoisotopic (exact) mass is 457 g/mol. The van der Waals surface area contributed by atoms with Crippen LogP contribution in [-0.2, 0) is 26.0 Å². The van der Waals surface area contributed by atoms with Gasteiger partial charge in [-0.05, 0) is 55.5 Å². The summed E-state index contributed by atoms with van der Waals surface area (Å²) in [5.74, 6) is -0.536. The third-order valence-corrected chi connectivity index (χ3v) is 7.74. The molecule has 2 amide bonds. The van der Waals surface area contributed by atoms with Gasteiger partial charge in [0.05, 0.1) is 11.7 Å². The zero-order chi connectivity index (χ0) is 23.5. The largest absolute Gasteiger partial charge is 0.354 e. The standard InChI is InChI=1S/C24H31N3O4S/c1-5-17(3)25-24(29)15-22-20-9-7-6-8-19(20)12-13-27(22)32(30,31)23-14-16(2)10-11-21(23)26-18(4)28/h6-11,14,17,22H,5,12-13,15H2,1-4H3,(H,25,29)(H,26,28)/t17-,22+/m0/s1. The van der Waals surface area contributed by atoms with E-state index in [1.54, 1.807) is 25.1 Å². The van der Waals surface area contributed by atoms with Crippen LogP contribution >= 0.6 is 0 Å². The van der Waals surface area contributed by atoms with Crippen molar-refractivity contribution in [2.75, 3.05) is 11.9 Å². The molecule has 0 aromatic heterocycles. The van der Waals surface area contributed by atoms with Crippen molar-refractivity contribution in [1.82, 2.24) is 9.62 Å². The lowest BCUT2D eigenvalue weighted by Crippen LogP contribution is -2.43. The topological polar surface area (TPSA) is 95.6 Å². The van der Waals surface area contributed by atoms with E-state index in [0.29, 0.717) is 6.42 Å². The summed E-state index contributed by atoms with van der Waals surface area (Å²) in [4.78, 5) is 24.5. The number of carbonyl (C=O) groups excluding carboxylic acids is 2. The third-order valence-electron chi connectivity index (χ3n) is 5.80. The molecule has 2 N–H and O–H groups in total. The van der Waals surface area contributed by atoms with Crippen LogP contribution < -0.4 is 10.6 Å². The van der Waals surface area contributed by atoms with Crippen molar-refractivity contribution in [3.63, 3.8) is 0 Å². The lowest BCUT2D eigenvalue weighted by atomic mass is 9.92. The second-order valence-electron chi connectivity index (χ2n) is 8.34. The van der Waals surface area contributed by atoms with Crippen LogP contribution in [0.25, 0.3) is 0 Å². The molecule has 3 rings (SSSR count). The predicted octanol–water partition coefficient (Wildman–Crippen LogP) is 3.55. The lowest BCUT2D eigenvalue weighted by Gasteiger charge is -2.36. The number of amides is 2. The van der Waals surface area contributed by atoms with Gasteiger partial charge in [-0.2, -0.15) is 4.31 Å². The summed E-state index contributed by atoms with van der Waals surface area (Å²) in [6.07, 6.45) is 1.38. The molecule has 172 valence electrons. The molecule has 8 heteroatoms. The summed E-state index contributed by atoms with van der Waals surface area (Å²) >= 11 is 0. The van der Waals surface area contributed by atoms with Gasteiger partial charge in [0.2, 0.25) is 21.8 Å². The van der Waals surface area contributed by atoms with Crippen molar-refractivity contribution >= 4 is 27.5 Å². The number of nitrogens with zero attached hydrogens (tertiary/aromatic N) is 1. The molecule has 2 aromatic rings. The molecular formula is C24H31N3O4S. The first-order valence-corrected chi connectivity index (χ1v) is 12.3. The summed E-state index contributed by atoms with van der Waals surface area (Å²) in [5.41, 5.74) is 2.90. The maximum absolute atomic E-state index is 13.9. The van der Waals surface area contributed by atoms with Gasteiger partial charge >= 0.3 is 0 Å². The minimum Gasteiger partial charge on any atom is -0.354 e. The highest BCUT2D eigenvalue weighted by Crippen LogP contribution is 2.38. The maximum atomic E-state index is 13.9. The number of nitrogens with one attached hydrogen (secondary N) is 2. The lowest BCUT2D eigenvalue weighted by molar-refractivity contribution is -0.122. The molecule has 0 saturated heterocycles. The average molecular weight is 458 g/mol. The fourth-order valence-corrected chi connectivity index (χ4v) is 5.84. The number of carbonyl (C=O) groups is 2. The second kappa shape index (κ2) is 9.83. The van der Waals surface area contributed by atoms with Crippen molar-refractivity contribution in [3.05, 3.63) is 59.2 Å². The molecule has 2 atom stereocenters. The molecule has 1 heterocycles. The molecule has 1 aliphatic rings. The summed E-state index contributed by atoms with van der Waals surface area (Å²) in [6.45, 7) is 7.31. The number of hydrogen-bond donors (Lipinski definition) is 2. The van der Waals surface area contributed by atoms with Crippen molar-refractivity contribution in [2.45, 2.75) is 63.9 Å². The highest BCUT2D eigenvalue weighted by atomic mass is 32.2. The first-order valence-electron chi connectivity index (χ1n) is 10.9. The molecule has 0 radical (unpaired) electrons. The highest BCUT2D eigenvalue weighted by Gasteiger charge is 2.38. The van der Waals surface area contributed by atoms with Gasteiger partial charge < -0.3 is 10.6 Å². The van der Waals surface area contributed by atoms with E-state index in [-0.39, 0.29) is 41.4 Å². The molecule has 32 heavy (non-hydrogen) atoms. The van der Waals surface area contributed by atoms with Crippen LogP contribution in [0.4, 0.5) is 5.69 Å². The molecule has 7 nitrogen and oxygen atoms in total. The Hall–Kier alpha value is -2.71. The van der Waals surface area contributed by atoms with Crippen LogP contribution in [-0.4, -0.2) is 37.1 Å². The van der Waals surface area contributed by atoms with E-state index in [4.69, 9.17) is 0 Å². The number of sulfonamides is 1. The summed E-state index contributed by atoms with van der Waals surface area (Å²) < 4.78 is 29.1. The molecular weight excluding hydrogens is 426 g/mol. The summed E-state index contributed by atoms with van der Waals surface area (Å²) in [5, 5.41) is 5.58. The van der Waals surface area contributed by atoms with Gasteiger partial charge in [-0.3, -0.25) is 9.59 Å². The SMILES string of the molecule is CC[C@H](C)NC(=O)C[C@@H]1c2ccccc2CCN1S(=O)(=O)c1cc(C)ccc1NC(C)=O. The van der Waals surface area contributed by atoms with Crippen LogP contribution in [0, 0.1) is 6.92 Å². The number of aryl methyl sites for hydroxylation is 1. The normalized spacial score (nSPS) is 17.3. The van der Waals surface area contributed by atoms with E-state index in [2.05, 4.69) is 10.6 Å². The number of hydrogen-bond acceptors (Lipinski definition) is 4. The Kier molecular flexibility index (Phi) is 7.36. The minimum atomic E-state index is -3.99. The molecule has 0 fully saturated rings. The molecule has 1 aliphatic heterocycles. The molecule has 0 spiro atoms. The minimum absolute atomic E-state index is 0.00883. The zero-order valence-electron chi connectivity index (χ0n) is 19.0. The van der Waals surface area contributed by atoms with Gasteiger partial charge in [-0.25, -0.2) is 8.42 Å². The van der Waals surface area contributed by atoms with Crippen molar-refractivity contribution in [1.29, 1.82) is 0 Å². The molecule has 0 bridgehead atoms. The number of fused-ring (bicyclic) bond motifs is 1. The van der Waals surface area contributed by atoms with Crippen LogP contribution in [0.5, 0.6) is 0 Å². The van der Waals surface area contributed by atoms with Gasteiger partial charge in [-0.1, -0.05) is 37.3 Å². The Labute approximate surface area is 190 Å². The van der Waals surface area contributed by atoms with E-state index in [0.717, 1.165) is 23.1 Å². The fourth-order valence-electron chi connectivity index (χ4n) is 4.00. The average Bonchev–Trinajstić information content (AvgIpc) is 2.74. The van der Waals surface area contributed by atoms with Crippen molar-refractivity contribution in [2.24, 2.45) is 0 Å². The maximum Gasteiger partial charge on any atom is 0.245 e. The van der Waals surface area contributed by atoms with Gasteiger partial charge in [-0.15, -0.1) is 0 Å². The van der Waals surface area contributed by atoms with E-state index in [1.807, 2.05) is 38.1 Å². The molecule has 0 unspecified atom stereocenters. The third kappa shape index (κ3) is 5.19. The van der Waals surface area contributed by atoms with Gasteiger partial charge in [0, 0.05) is 25.9 Å². The zero-order valence-corrected chi connectivity index (χ0v) is 19.8. The van der Waals surface area contributed by atoms with Crippen molar-refractivity contribution in [3.8, 4) is 0 Å². The van der Waals surface area contributed by atoms with Gasteiger partial charge in [0.15, 0.2) is 0 Å². The van der Waals surface area contributed by atoms with E-state index in [1.165, 1.54) is 11.2 Å². The quantitative estimate of drug-likeness (QED) is 0.665. The Morgan fingerprint density at radius 2 is 1.91 bits per heavy atom. The predicted molar refractivity (Wildman–Crippen MR) is 125 cm³/mol. The fraction of sp³-hybridized carbons (Fsp3) is 0.417. The summed E-state index contributed by atoms with van der Waals surface area (Å²) in [6, 6.07) is 12.0. The Morgan fingerprint density at radius 1 is 1.19 bits per heavy atom. The molecule has 2 aromatic carbocycles. The smallest absolute Gasteiger partial charge is 0.245 e. The number of benzene rings is 2. The first-order chi connectivity index (χ1) is 15.1. The first kappa shape index (κ1) is 23.9. The van der Waals surface area contributed by atoms with E-state index >= 15 is 0 Å². The van der Waals surface area contributed by atoms with Crippen molar-refractivity contribution < 1.29 is 18.0 Å². The molecule has 0 saturated carbocycles. The van der Waals surface area contributed by atoms with Crippen LogP contribution in [0.2, 0.25) is 0 Å². The Balaban J connectivity index is 2.05. The van der Waals surface area contributed by atoms with E-state index < -0.39 is 16.1 Å². The van der Waals surface area contributed by atoms with Crippen LogP contribution in [0.15, 0.2) is 47.4 Å². The van der Waals surface area contributed by atoms with E-state index in [9.17, 15) is 18.0 Å². The second-order valence-corrected chi connectivity index (χ2v) is 10.2. The highest BCUT2D eigenvalue weighted by molar-refractivity contribution is 7.89. The Bertz CT molecular complexity index is 1110. The number of rotatable bonds is 7. The van der Waals surface area contributed by atoms with Gasteiger partial charge in [0.1, 0.15) is 4.90 Å².